The molecule has 0 aliphatic carbocycles. The molecular weight excluding hydrogens is 269 g/mol. The molecule has 106 valence electrons. The third kappa shape index (κ3) is 6.24. The summed E-state index contributed by atoms with van der Waals surface area (Å²) in [5.74, 6) is 0. The molecule has 0 saturated carbocycles. The molecule has 0 N–H and O–H groups in total. The maximum absolute atomic E-state index is 12.6. The van der Waals surface area contributed by atoms with E-state index in [1.807, 2.05) is 34.6 Å². The smallest absolute Gasteiger partial charge is 0.301 e. The van der Waals surface area contributed by atoms with E-state index < -0.39 is 18.3 Å². The highest BCUT2D eigenvalue weighted by molar-refractivity contribution is 8.55. The van der Waals surface area contributed by atoms with E-state index in [9.17, 15) is 4.57 Å². The molecule has 0 bridgehead atoms. The normalized spacial score (nSPS) is 18.7. The summed E-state index contributed by atoms with van der Waals surface area (Å²) >= 11 is 1.19. The summed E-state index contributed by atoms with van der Waals surface area (Å²) in [6.45, 7) is 8.44. The van der Waals surface area contributed by atoms with E-state index in [4.69, 9.17) is 14.3 Å². The van der Waals surface area contributed by atoms with Crippen LogP contribution in [0.1, 0.15) is 48.0 Å². The fourth-order valence-electron chi connectivity index (χ4n) is 1.04. The van der Waals surface area contributed by atoms with Crippen molar-refractivity contribution in [2.75, 3.05) is 6.61 Å². The molecule has 0 fully saturated rings. The van der Waals surface area contributed by atoms with E-state index in [2.05, 4.69) is 6.07 Å². The maximum atomic E-state index is 12.6. The zero-order chi connectivity index (χ0) is 14.4. The van der Waals surface area contributed by atoms with Crippen molar-refractivity contribution in [3.8, 4) is 6.07 Å². The Labute approximate surface area is 115 Å². The first-order valence-corrected chi connectivity index (χ1v) is 9.22. The van der Waals surface area contributed by atoms with E-state index in [0.717, 1.165) is 6.42 Å². The molecule has 0 aromatic carbocycles. The van der Waals surface area contributed by atoms with Crippen molar-refractivity contribution in [2.45, 2.75) is 59.3 Å². The zero-order valence-corrected chi connectivity index (χ0v) is 13.8. The van der Waals surface area contributed by atoms with Crippen molar-refractivity contribution in [2.24, 2.45) is 5.41 Å². The summed E-state index contributed by atoms with van der Waals surface area (Å²) in [7, 11) is 0. The van der Waals surface area contributed by atoms with Crippen LogP contribution >= 0.6 is 18.2 Å². The third-order valence-corrected chi connectivity index (χ3v) is 6.73. The molecule has 0 heterocycles. The van der Waals surface area contributed by atoms with Crippen LogP contribution in [0.2, 0.25) is 0 Å². The van der Waals surface area contributed by atoms with Crippen molar-refractivity contribution in [1.29, 1.82) is 5.26 Å². The lowest BCUT2D eigenvalue weighted by Crippen LogP contribution is -2.27. The van der Waals surface area contributed by atoms with E-state index >= 15 is 0 Å². The summed E-state index contributed by atoms with van der Waals surface area (Å²) in [6.07, 6.45) is 0.129. The number of hydrogen-bond acceptors (Lipinski definition) is 5. The molecule has 0 radical (unpaired) electrons. The van der Waals surface area contributed by atoms with Crippen molar-refractivity contribution in [1.82, 2.24) is 0 Å². The maximum Gasteiger partial charge on any atom is 0.390 e. The van der Waals surface area contributed by atoms with Gasteiger partial charge in [0.25, 0.3) is 0 Å². The highest BCUT2D eigenvalue weighted by atomic mass is 32.7. The topological polar surface area (TPSA) is 59.3 Å². The number of hydrogen-bond donors (Lipinski definition) is 0. The minimum Gasteiger partial charge on any atom is -0.301 e. The summed E-state index contributed by atoms with van der Waals surface area (Å²) < 4.78 is 23.3. The average Bonchev–Trinajstić information content (AvgIpc) is 2.24. The summed E-state index contributed by atoms with van der Waals surface area (Å²) in [4.78, 5) is 0. The summed E-state index contributed by atoms with van der Waals surface area (Å²) in [6, 6.07) is 2.06. The minimum atomic E-state index is -3.27. The molecule has 3 atom stereocenters. The van der Waals surface area contributed by atoms with Crippen LogP contribution in [-0.4, -0.2) is 18.0 Å². The summed E-state index contributed by atoms with van der Waals surface area (Å²) in [5, 5.41) is 9.29. The molecule has 0 spiro atoms. The Bertz CT molecular complexity index is 335. The fourth-order valence-corrected chi connectivity index (χ4v) is 5.42. The van der Waals surface area contributed by atoms with Crippen LogP contribution < -0.4 is 0 Å². The average molecular weight is 293 g/mol. The van der Waals surface area contributed by atoms with E-state index in [1.54, 1.807) is 6.92 Å². The van der Waals surface area contributed by atoms with E-state index in [-0.39, 0.29) is 5.25 Å². The van der Waals surface area contributed by atoms with E-state index in [1.165, 1.54) is 11.4 Å². The molecule has 3 unspecified atom stereocenters. The lowest BCUT2D eigenvalue weighted by molar-refractivity contribution is 0.114. The largest absolute Gasteiger partial charge is 0.390 e. The second kappa shape index (κ2) is 7.55. The van der Waals surface area contributed by atoms with Gasteiger partial charge in [-0.05, 0) is 24.7 Å². The molecule has 0 amide bonds. The summed E-state index contributed by atoms with van der Waals surface area (Å²) in [5.41, 5.74) is -0.391. The highest BCUT2D eigenvalue weighted by Crippen LogP contribution is 2.64. The second-order valence-electron chi connectivity index (χ2n) is 5.17. The van der Waals surface area contributed by atoms with Crippen LogP contribution in [0.4, 0.5) is 0 Å². The molecular formula is C12H24NO3PS. The predicted octanol–water partition coefficient (Wildman–Crippen LogP) is 4.62. The van der Waals surface area contributed by atoms with Gasteiger partial charge in [-0.15, -0.1) is 0 Å². The van der Waals surface area contributed by atoms with E-state index in [0.29, 0.717) is 6.61 Å². The molecule has 0 aromatic rings. The fraction of sp³-hybridized carbons (Fsp3) is 0.917. The van der Waals surface area contributed by atoms with Gasteiger partial charge < -0.3 is 4.52 Å². The molecule has 0 rings (SSSR count). The quantitative estimate of drug-likeness (QED) is 0.641. The van der Waals surface area contributed by atoms with Gasteiger partial charge in [-0.25, -0.2) is 4.57 Å². The van der Waals surface area contributed by atoms with Gasteiger partial charge in [0.05, 0.1) is 12.7 Å². The van der Waals surface area contributed by atoms with Crippen LogP contribution in [0.3, 0.4) is 0 Å². The molecule has 0 aromatic heterocycles. The lowest BCUT2D eigenvalue weighted by atomic mass is 9.90. The number of nitrogens with zero attached hydrogens (tertiary/aromatic N) is 1. The first-order valence-electron chi connectivity index (χ1n) is 6.19. The zero-order valence-electron chi connectivity index (χ0n) is 12.1. The third-order valence-electron chi connectivity index (χ3n) is 2.31. The van der Waals surface area contributed by atoms with Crippen LogP contribution in [0.15, 0.2) is 0 Å². The highest BCUT2D eigenvalue weighted by Gasteiger charge is 2.36. The molecule has 0 saturated heterocycles. The standard InChI is InChI=1S/C12H24NO3PS/c1-7-10(3)18-17(14,15-8-2)16-11(9-13)12(4,5)6/h10-11H,7-8H2,1-6H3. The van der Waals surface area contributed by atoms with Gasteiger partial charge in [0.15, 0.2) is 6.10 Å². The van der Waals surface area contributed by atoms with Gasteiger partial charge in [0.1, 0.15) is 0 Å². The molecule has 18 heavy (non-hydrogen) atoms. The van der Waals surface area contributed by atoms with Gasteiger partial charge in [0, 0.05) is 10.7 Å². The molecule has 0 aliphatic rings. The first-order chi connectivity index (χ1) is 8.18. The monoisotopic (exact) mass is 293 g/mol. The van der Waals surface area contributed by atoms with Crippen LogP contribution in [0.5, 0.6) is 0 Å². The number of rotatable bonds is 7. The second-order valence-corrected chi connectivity index (χ2v) is 9.52. The van der Waals surface area contributed by atoms with Crippen LogP contribution in [-0.2, 0) is 13.6 Å². The predicted molar refractivity (Wildman–Crippen MR) is 76.5 cm³/mol. The molecule has 6 heteroatoms. The lowest BCUT2D eigenvalue weighted by Gasteiger charge is -2.29. The van der Waals surface area contributed by atoms with Gasteiger partial charge in [0.2, 0.25) is 0 Å². The minimum absolute atomic E-state index is 0.168. The Hall–Kier alpha value is -0.0100. The van der Waals surface area contributed by atoms with Crippen molar-refractivity contribution >= 4 is 18.2 Å². The Kier molecular flexibility index (Phi) is 7.54. The van der Waals surface area contributed by atoms with Crippen molar-refractivity contribution < 1.29 is 13.6 Å². The van der Waals surface area contributed by atoms with Crippen LogP contribution in [0, 0.1) is 16.7 Å². The first kappa shape index (κ1) is 18.0. The molecule has 4 nitrogen and oxygen atoms in total. The van der Waals surface area contributed by atoms with Gasteiger partial charge in [-0.3, -0.25) is 4.52 Å². The Balaban J connectivity index is 4.91. The van der Waals surface area contributed by atoms with Gasteiger partial charge in [-0.2, -0.15) is 5.26 Å². The Morgan fingerprint density at radius 3 is 2.28 bits per heavy atom. The van der Waals surface area contributed by atoms with Crippen LogP contribution in [0.25, 0.3) is 0 Å². The Morgan fingerprint density at radius 2 is 1.94 bits per heavy atom. The van der Waals surface area contributed by atoms with Gasteiger partial charge in [-0.1, -0.05) is 34.6 Å². The Morgan fingerprint density at radius 1 is 1.39 bits per heavy atom. The molecule has 0 aliphatic heterocycles. The SMILES string of the molecule is CCOP(=O)(OC(C#N)C(C)(C)C)SC(C)CC. The number of nitriles is 1. The van der Waals surface area contributed by atoms with Crippen molar-refractivity contribution in [3.05, 3.63) is 0 Å². The van der Waals surface area contributed by atoms with Crippen molar-refractivity contribution in [3.63, 3.8) is 0 Å². The van der Waals surface area contributed by atoms with Gasteiger partial charge >= 0.3 is 6.80 Å².